The van der Waals surface area contributed by atoms with Gasteiger partial charge in [-0.25, -0.2) is 0 Å². The summed E-state index contributed by atoms with van der Waals surface area (Å²) < 4.78 is 5.16. The molecule has 0 amide bonds. The zero-order valence-corrected chi connectivity index (χ0v) is 11.8. The van der Waals surface area contributed by atoms with Gasteiger partial charge in [0, 0.05) is 0 Å². The molecule has 2 rings (SSSR count). The van der Waals surface area contributed by atoms with Crippen molar-refractivity contribution in [2.45, 2.75) is 39.2 Å². The molecule has 1 aromatic rings. The van der Waals surface area contributed by atoms with Crippen LogP contribution in [-0.4, -0.2) is 17.7 Å². The molecule has 104 valence electrons. The van der Waals surface area contributed by atoms with Gasteiger partial charge in [0.1, 0.15) is 5.60 Å². The van der Waals surface area contributed by atoms with E-state index in [-0.39, 0.29) is 11.9 Å². The van der Waals surface area contributed by atoms with Crippen LogP contribution in [0.5, 0.6) is 0 Å². The third-order valence-electron chi connectivity index (χ3n) is 3.98. The van der Waals surface area contributed by atoms with E-state index in [2.05, 4.69) is 0 Å². The summed E-state index contributed by atoms with van der Waals surface area (Å²) in [5, 5.41) is 11.1. The molecule has 1 aliphatic rings. The maximum absolute atomic E-state index is 12.2. The Morgan fingerprint density at radius 2 is 2.11 bits per heavy atom. The van der Waals surface area contributed by atoms with Crippen LogP contribution in [0.1, 0.15) is 38.3 Å². The molecule has 0 saturated heterocycles. The Morgan fingerprint density at radius 3 is 2.74 bits per heavy atom. The molecule has 0 heterocycles. The zero-order chi connectivity index (χ0) is 14.0. The first-order chi connectivity index (χ1) is 9.00. The predicted octanol–water partition coefficient (Wildman–Crippen LogP) is 2.66. The van der Waals surface area contributed by atoms with Crippen molar-refractivity contribution in [3.63, 3.8) is 0 Å². The molecular weight excluding hydrogens is 240 g/mol. The fraction of sp³-hybridized carbons (Fsp3) is 0.562. The van der Waals surface area contributed by atoms with Crippen molar-refractivity contribution in [1.82, 2.24) is 0 Å². The summed E-state index contributed by atoms with van der Waals surface area (Å²) in [6, 6.07) is 7.84. The Balaban J connectivity index is 2.40. The van der Waals surface area contributed by atoms with Gasteiger partial charge in [0.2, 0.25) is 0 Å². The van der Waals surface area contributed by atoms with Crippen LogP contribution in [0.15, 0.2) is 24.3 Å². The van der Waals surface area contributed by atoms with Crippen molar-refractivity contribution < 1.29 is 14.6 Å². The fourth-order valence-electron chi connectivity index (χ4n) is 3.19. The van der Waals surface area contributed by atoms with Gasteiger partial charge in [0.05, 0.1) is 12.5 Å². The first kappa shape index (κ1) is 14.1. The predicted molar refractivity (Wildman–Crippen MR) is 73.6 cm³/mol. The van der Waals surface area contributed by atoms with Gasteiger partial charge in [-0.1, -0.05) is 38.1 Å². The third-order valence-corrected chi connectivity index (χ3v) is 3.98. The van der Waals surface area contributed by atoms with Crippen molar-refractivity contribution >= 4 is 5.97 Å². The van der Waals surface area contributed by atoms with Gasteiger partial charge in [0.15, 0.2) is 0 Å². The number of aryl methyl sites for hydroxylation is 1. The van der Waals surface area contributed by atoms with Crippen molar-refractivity contribution in [3.05, 3.63) is 35.4 Å². The Labute approximate surface area is 114 Å². The van der Waals surface area contributed by atoms with E-state index < -0.39 is 11.5 Å². The van der Waals surface area contributed by atoms with E-state index in [1.807, 2.05) is 38.1 Å². The molecule has 1 aliphatic carbocycles. The molecule has 1 aromatic carbocycles. The molecule has 0 radical (unpaired) electrons. The van der Waals surface area contributed by atoms with Crippen LogP contribution in [0.2, 0.25) is 0 Å². The maximum Gasteiger partial charge on any atom is 0.312 e. The van der Waals surface area contributed by atoms with Crippen molar-refractivity contribution in [1.29, 1.82) is 0 Å². The van der Waals surface area contributed by atoms with E-state index in [0.29, 0.717) is 13.0 Å². The third kappa shape index (κ3) is 2.39. The average molecular weight is 262 g/mol. The number of aliphatic hydroxyl groups is 1. The number of benzene rings is 1. The lowest BCUT2D eigenvalue weighted by Gasteiger charge is -2.34. The second kappa shape index (κ2) is 5.33. The number of rotatable bonds is 4. The van der Waals surface area contributed by atoms with Gasteiger partial charge in [-0.15, -0.1) is 0 Å². The lowest BCUT2D eigenvalue weighted by atomic mass is 9.76. The topological polar surface area (TPSA) is 46.5 Å². The molecule has 2 atom stereocenters. The molecule has 1 N–H and O–H groups in total. The van der Waals surface area contributed by atoms with Gasteiger partial charge in [-0.3, -0.25) is 4.79 Å². The number of fused-ring (bicyclic) bond motifs is 1. The second-order valence-corrected chi connectivity index (χ2v) is 5.56. The van der Waals surface area contributed by atoms with Crippen molar-refractivity contribution in [3.8, 4) is 0 Å². The molecule has 0 bridgehead atoms. The number of hydrogen-bond acceptors (Lipinski definition) is 3. The molecule has 3 heteroatoms. The average Bonchev–Trinajstić information content (AvgIpc) is 2.68. The van der Waals surface area contributed by atoms with Crippen LogP contribution >= 0.6 is 0 Å². The standard InChI is InChI=1S/C16H22O3/c1-4-19-15(17)14(11(2)3)16(18)10-9-12-7-5-6-8-13(12)16/h5-8,11,14,18H,4,9-10H2,1-3H3. The highest BCUT2D eigenvalue weighted by atomic mass is 16.5. The van der Waals surface area contributed by atoms with Crippen LogP contribution in [0.3, 0.4) is 0 Å². The van der Waals surface area contributed by atoms with Crippen LogP contribution in [0.4, 0.5) is 0 Å². The van der Waals surface area contributed by atoms with Gasteiger partial charge in [0.25, 0.3) is 0 Å². The summed E-state index contributed by atoms with van der Waals surface area (Å²) in [5.74, 6) is -0.761. The summed E-state index contributed by atoms with van der Waals surface area (Å²) in [7, 11) is 0. The first-order valence-corrected chi connectivity index (χ1v) is 6.98. The minimum atomic E-state index is -1.09. The minimum absolute atomic E-state index is 0.0372. The van der Waals surface area contributed by atoms with E-state index >= 15 is 0 Å². The van der Waals surface area contributed by atoms with Crippen molar-refractivity contribution in [2.24, 2.45) is 11.8 Å². The fourth-order valence-corrected chi connectivity index (χ4v) is 3.19. The summed E-state index contributed by atoms with van der Waals surface area (Å²) in [4.78, 5) is 12.2. The highest BCUT2D eigenvalue weighted by molar-refractivity contribution is 5.75. The molecule has 0 saturated carbocycles. The minimum Gasteiger partial charge on any atom is -0.466 e. The highest BCUT2D eigenvalue weighted by Gasteiger charge is 2.48. The number of esters is 1. The van der Waals surface area contributed by atoms with Crippen molar-refractivity contribution in [2.75, 3.05) is 6.61 Å². The number of carbonyl (C=O) groups is 1. The van der Waals surface area contributed by atoms with Crippen LogP contribution in [-0.2, 0) is 21.6 Å². The van der Waals surface area contributed by atoms with E-state index in [0.717, 1.165) is 17.5 Å². The second-order valence-electron chi connectivity index (χ2n) is 5.56. The SMILES string of the molecule is CCOC(=O)C(C(C)C)C1(O)CCc2ccccc21. The van der Waals surface area contributed by atoms with Crippen LogP contribution < -0.4 is 0 Å². The lowest BCUT2D eigenvalue weighted by molar-refractivity contribution is -0.163. The highest BCUT2D eigenvalue weighted by Crippen LogP contribution is 2.45. The lowest BCUT2D eigenvalue weighted by Crippen LogP contribution is -2.42. The largest absolute Gasteiger partial charge is 0.466 e. The molecule has 0 spiro atoms. The Hall–Kier alpha value is -1.35. The monoisotopic (exact) mass is 262 g/mol. The molecular formula is C16H22O3. The normalized spacial score (nSPS) is 23.2. The van der Waals surface area contributed by atoms with Gasteiger partial charge in [-0.2, -0.15) is 0 Å². The zero-order valence-electron chi connectivity index (χ0n) is 11.8. The van der Waals surface area contributed by atoms with Gasteiger partial charge < -0.3 is 9.84 Å². The Kier molecular flexibility index (Phi) is 3.95. The van der Waals surface area contributed by atoms with Gasteiger partial charge >= 0.3 is 5.97 Å². The Morgan fingerprint density at radius 1 is 1.42 bits per heavy atom. The molecule has 0 fully saturated rings. The molecule has 0 aliphatic heterocycles. The molecule has 0 aromatic heterocycles. The number of hydrogen-bond donors (Lipinski definition) is 1. The smallest absolute Gasteiger partial charge is 0.312 e. The quantitative estimate of drug-likeness (QED) is 0.849. The summed E-state index contributed by atoms with van der Waals surface area (Å²) in [6.45, 7) is 6.06. The van der Waals surface area contributed by atoms with E-state index in [1.165, 1.54) is 0 Å². The molecule has 2 unspecified atom stereocenters. The summed E-state index contributed by atoms with van der Waals surface area (Å²) in [6.07, 6.45) is 1.41. The van der Waals surface area contributed by atoms with Crippen LogP contribution in [0.25, 0.3) is 0 Å². The maximum atomic E-state index is 12.2. The first-order valence-electron chi connectivity index (χ1n) is 6.98. The Bertz CT molecular complexity index is 467. The molecule has 19 heavy (non-hydrogen) atoms. The molecule has 3 nitrogen and oxygen atoms in total. The van der Waals surface area contributed by atoms with Gasteiger partial charge in [-0.05, 0) is 36.8 Å². The summed E-state index contributed by atoms with van der Waals surface area (Å²) in [5.41, 5.74) is 0.943. The van der Waals surface area contributed by atoms with E-state index in [4.69, 9.17) is 4.74 Å². The van der Waals surface area contributed by atoms with Crippen LogP contribution in [0, 0.1) is 11.8 Å². The van der Waals surface area contributed by atoms with E-state index in [1.54, 1.807) is 6.92 Å². The number of carbonyl (C=O) groups excluding carboxylic acids is 1. The number of ether oxygens (including phenoxy) is 1. The summed E-state index contributed by atoms with van der Waals surface area (Å²) >= 11 is 0. The van der Waals surface area contributed by atoms with E-state index in [9.17, 15) is 9.90 Å².